The van der Waals surface area contributed by atoms with Crippen molar-refractivity contribution in [3.05, 3.63) is 131 Å². The van der Waals surface area contributed by atoms with Gasteiger partial charge in [0.1, 0.15) is 18.3 Å². The number of Topliss-reactive ketones (excluding diaryl/α,β-unsaturated/α-hetero) is 1. The van der Waals surface area contributed by atoms with Crippen LogP contribution in [0.1, 0.15) is 73.4 Å². The molecule has 314 valence electrons. The number of ether oxygens (including phenoxy) is 5. The summed E-state index contributed by atoms with van der Waals surface area (Å²) in [5, 5.41) is 26.5. The van der Waals surface area contributed by atoms with Crippen LogP contribution >= 0.6 is 0 Å². The van der Waals surface area contributed by atoms with Gasteiger partial charge in [-0.25, -0.2) is 9.59 Å². The fourth-order valence-electron chi connectivity index (χ4n) is 9.90. The van der Waals surface area contributed by atoms with Gasteiger partial charge in [-0.1, -0.05) is 78.9 Å². The molecule has 7 rings (SSSR count). The van der Waals surface area contributed by atoms with E-state index in [-0.39, 0.29) is 35.3 Å². The highest BCUT2D eigenvalue weighted by atomic mass is 16.6. The molecule has 3 fully saturated rings. The van der Waals surface area contributed by atoms with Gasteiger partial charge in [0.2, 0.25) is 0 Å². The van der Waals surface area contributed by atoms with E-state index in [0.29, 0.717) is 11.1 Å². The van der Waals surface area contributed by atoms with Crippen LogP contribution in [0, 0.1) is 16.7 Å². The van der Waals surface area contributed by atoms with Crippen molar-refractivity contribution in [2.24, 2.45) is 16.7 Å². The summed E-state index contributed by atoms with van der Waals surface area (Å²) in [6, 6.07) is 23.4. The van der Waals surface area contributed by atoms with Gasteiger partial charge in [-0.2, -0.15) is 0 Å². The Balaban J connectivity index is 1.36. The summed E-state index contributed by atoms with van der Waals surface area (Å²) in [7, 11) is 0. The van der Waals surface area contributed by atoms with Crippen molar-refractivity contribution in [2.45, 2.75) is 89.3 Å². The van der Waals surface area contributed by atoms with E-state index >= 15 is 4.79 Å². The Morgan fingerprint density at radius 2 is 1.43 bits per heavy atom. The predicted octanol–water partition coefficient (Wildman–Crippen LogP) is 4.15. The van der Waals surface area contributed by atoms with Crippen LogP contribution < -0.4 is 5.32 Å². The SMILES string of the molecule is C=C(C)[C@@]12C[C@H](OC(=O)[C@H](O)[C@@H](NC(=O)c3ccccc3)c3ccccc3)C(C)=C1[C@@H](OC(C)=O)C(=O)[C@@]1(C)C([C@@H]2OC(=O)c2ccccc2)[C@]2(OC(C)=O)CO[C@@H]2[C@@H]1O. The van der Waals surface area contributed by atoms with Crippen LogP contribution in [0.4, 0.5) is 0 Å². The van der Waals surface area contributed by atoms with Gasteiger partial charge in [0.05, 0.1) is 41.1 Å². The zero-order chi connectivity index (χ0) is 43.3. The Hall–Kier alpha value is -5.96. The fourth-order valence-corrected chi connectivity index (χ4v) is 9.90. The minimum absolute atomic E-state index is 0.0999. The molecule has 1 saturated heterocycles. The Morgan fingerprint density at radius 3 is 1.97 bits per heavy atom. The smallest absolute Gasteiger partial charge is 0.338 e. The van der Waals surface area contributed by atoms with Crippen LogP contribution in [0.2, 0.25) is 0 Å². The minimum atomic E-state index is -1.96. The van der Waals surface area contributed by atoms with Gasteiger partial charge in [0, 0.05) is 25.8 Å². The number of carbonyl (C=O) groups is 6. The average molecular weight is 822 g/mol. The summed E-state index contributed by atoms with van der Waals surface area (Å²) >= 11 is 0. The number of hydrogen-bond donors (Lipinski definition) is 3. The number of esters is 4. The first-order valence-electron chi connectivity index (χ1n) is 19.6. The molecule has 0 spiro atoms. The van der Waals surface area contributed by atoms with Gasteiger partial charge in [0.25, 0.3) is 5.91 Å². The lowest BCUT2D eigenvalue weighted by Crippen LogP contribution is -2.66. The van der Waals surface area contributed by atoms with Gasteiger partial charge in [0.15, 0.2) is 23.6 Å². The number of ketones is 1. The molecule has 0 aromatic heterocycles. The second-order valence-corrected chi connectivity index (χ2v) is 16.2. The normalized spacial score (nSPS) is 31.1. The van der Waals surface area contributed by atoms with E-state index in [1.807, 2.05) is 0 Å². The lowest BCUT2D eigenvalue weighted by Gasteiger charge is -2.52. The van der Waals surface area contributed by atoms with Crippen LogP contribution in [0.15, 0.2) is 114 Å². The maximum atomic E-state index is 15.3. The number of aliphatic hydroxyl groups is 2. The number of rotatable bonds is 11. The van der Waals surface area contributed by atoms with E-state index in [9.17, 15) is 34.2 Å². The third-order valence-electron chi connectivity index (χ3n) is 12.7. The van der Waals surface area contributed by atoms with Gasteiger partial charge in [-0.05, 0) is 61.7 Å². The molecule has 3 aliphatic carbocycles. The average Bonchev–Trinajstić information content (AvgIpc) is 3.55. The van der Waals surface area contributed by atoms with Crippen LogP contribution in [-0.4, -0.2) is 94.6 Å². The summed E-state index contributed by atoms with van der Waals surface area (Å²) in [4.78, 5) is 83.0. The Labute approximate surface area is 346 Å². The van der Waals surface area contributed by atoms with Crippen molar-refractivity contribution < 1.29 is 62.7 Å². The number of amides is 1. The molecule has 0 bridgehead atoms. The highest BCUT2D eigenvalue weighted by Crippen LogP contribution is 2.68. The quantitative estimate of drug-likeness (QED) is 0.142. The highest BCUT2D eigenvalue weighted by Gasteiger charge is 2.82. The molecular formula is C46H47NO13. The zero-order valence-electron chi connectivity index (χ0n) is 33.8. The van der Waals surface area contributed by atoms with Crippen molar-refractivity contribution >= 4 is 35.6 Å². The lowest BCUT2D eigenvalue weighted by atomic mass is 9.61. The Bertz CT molecular complexity index is 2260. The molecule has 2 saturated carbocycles. The molecule has 14 nitrogen and oxygen atoms in total. The van der Waals surface area contributed by atoms with Gasteiger partial charge < -0.3 is 39.2 Å². The highest BCUT2D eigenvalue weighted by molar-refractivity contribution is 5.97. The third-order valence-corrected chi connectivity index (χ3v) is 12.7. The zero-order valence-corrected chi connectivity index (χ0v) is 33.8. The first-order valence-corrected chi connectivity index (χ1v) is 19.6. The summed E-state index contributed by atoms with van der Waals surface area (Å²) < 4.78 is 30.4. The lowest BCUT2D eigenvalue weighted by molar-refractivity contribution is -0.275. The molecule has 4 aliphatic rings. The van der Waals surface area contributed by atoms with Crippen molar-refractivity contribution in [2.75, 3.05) is 6.61 Å². The first-order chi connectivity index (χ1) is 28.5. The van der Waals surface area contributed by atoms with E-state index in [1.54, 1.807) is 92.7 Å². The molecule has 1 unspecified atom stereocenters. The maximum Gasteiger partial charge on any atom is 0.338 e. The molecule has 0 radical (unpaired) electrons. The van der Waals surface area contributed by atoms with Crippen molar-refractivity contribution in [3.8, 4) is 0 Å². The third kappa shape index (κ3) is 6.72. The standard InChI is InChI=1S/C46H47NO13/c1-24(2)45-22-31(58-43(55)34(50)33(28-16-10-7-11-17-28)47-41(53)29-18-12-8-13-19-29)25(3)32(45)35(57-26(4)48)37(51)44(6)36(39(45)59-42(54)30-20-14-9-15-21-30)46(60-27(5)49)23-56-40(46)38(44)52/h7-21,31,33-36,38-40,50,52H,1,22-23H2,2-6H3,(H,47,53)/t31-,33-,34+,35+,36?,38-,39-,40+,44+,45-,46+/m0/s1. The van der Waals surface area contributed by atoms with Gasteiger partial charge >= 0.3 is 23.9 Å². The Kier molecular flexibility index (Phi) is 11.2. The van der Waals surface area contributed by atoms with Gasteiger partial charge in [-0.15, -0.1) is 0 Å². The van der Waals surface area contributed by atoms with Crippen molar-refractivity contribution in [1.29, 1.82) is 0 Å². The second kappa shape index (κ2) is 15.9. The molecule has 3 N–H and O–H groups in total. The predicted molar refractivity (Wildman–Crippen MR) is 212 cm³/mol. The number of nitrogens with one attached hydrogen (secondary N) is 1. The van der Waals surface area contributed by atoms with E-state index in [2.05, 4.69) is 11.9 Å². The molecule has 1 heterocycles. The number of hydrogen-bond acceptors (Lipinski definition) is 13. The molecule has 1 aliphatic heterocycles. The van der Waals surface area contributed by atoms with Crippen molar-refractivity contribution in [3.63, 3.8) is 0 Å². The van der Waals surface area contributed by atoms with Crippen LogP contribution in [-0.2, 0) is 42.9 Å². The summed E-state index contributed by atoms with van der Waals surface area (Å²) in [5.74, 6) is -6.28. The van der Waals surface area contributed by atoms with E-state index < -0.39 is 101 Å². The second-order valence-electron chi connectivity index (χ2n) is 16.2. The van der Waals surface area contributed by atoms with E-state index in [1.165, 1.54) is 26.0 Å². The maximum absolute atomic E-state index is 15.3. The summed E-state index contributed by atoms with van der Waals surface area (Å²) in [6.45, 7) is 11.0. The van der Waals surface area contributed by atoms with Crippen LogP contribution in [0.25, 0.3) is 0 Å². The summed E-state index contributed by atoms with van der Waals surface area (Å²) in [6.07, 6.45) is -9.60. The Morgan fingerprint density at radius 1 is 0.850 bits per heavy atom. The fraction of sp³-hybridized carbons (Fsp3) is 0.391. The number of benzene rings is 3. The van der Waals surface area contributed by atoms with E-state index in [4.69, 9.17) is 23.7 Å². The van der Waals surface area contributed by atoms with Crippen LogP contribution in [0.5, 0.6) is 0 Å². The number of carbonyl (C=O) groups excluding carboxylic acids is 6. The monoisotopic (exact) mass is 821 g/mol. The molecule has 11 atom stereocenters. The molecule has 60 heavy (non-hydrogen) atoms. The summed E-state index contributed by atoms with van der Waals surface area (Å²) in [5.41, 5.74) is -3.89. The first kappa shape index (κ1) is 42.2. The molecule has 1 amide bonds. The molecular weight excluding hydrogens is 775 g/mol. The van der Waals surface area contributed by atoms with Gasteiger partial charge in [-0.3, -0.25) is 19.2 Å². The number of fused-ring (bicyclic) bond motifs is 4. The minimum Gasteiger partial charge on any atom is -0.457 e. The van der Waals surface area contributed by atoms with E-state index in [0.717, 1.165) is 6.92 Å². The molecule has 14 heteroatoms. The topological polar surface area (TPSA) is 201 Å². The van der Waals surface area contributed by atoms with Crippen molar-refractivity contribution in [1.82, 2.24) is 5.32 Å². The molecule has 3 aromatic carbocycles. The molecule has 3 aromatic rings. The largest absolute Gasteiger partial charge is 0.457 e. The van der Waals surface area contributed by atoms with Crippen LogP contribution in [0.3, 0.4) is 0 Å². The number of aliphatic hydroxyl groups excluding tert-OH is 2.